The maximum atomic E-state index is 12.9. The van der Waals surface area contributed by atoms with Crippen molar-refractivity contribution in [2.45, 2.75) is 31.7 Å². The van der Waals surface area contributed by atoms with Gasteiger partial charge in [0.25, 0.3) is 0 Å². The maximum Gasteiger partial charge on any atom is 0.303 e. The third kappa shape index (κ3) is 5.14. The molecule has 2 aromatic carbocycles. The van der Waals surface area contributed by atoms with Crippen molar-refractivity contribution in [2.24, 2.45) is 5.10 Å². The van der Waals surface area contributed by atoms with Crippen LogP contribution in [0.1, 0.15) is 42.9 Å². The first-order valence-electron chi connectivity index (χ1n) is 9.94. The highest BCUT2D eigenvalue weighted by Gasteiger charge is 2.33. The van der Waals surface area contributed by atoms with Gasteiger partial charge in [0.15, 0.2) is 11.5 Å². The van der Waals surface area contributed by atoms with Gasteiger partial charge in [0.05, 0.1) is 33.1 Å². The minimum absolute atomic E-state index is 0.0599. The van der Waals surface area contributed by atoms with E-state index in [2.05, 4.69) is 5.10 Å². The number of carbonyl (C=O) groups excluding carboxylic acids is 1. The molecule has 1 unspecified atom stereocenters. The molecule has 1 aliphatic heterocycles. The molecule has 31 heavy (non-hydrogen) atoms. The van der Waals surface area contributed by atoms with E-state index in [0.29, 0.717) is 17.9 Å². The van der Waals surface area contributed by atoms with Gasteiger partial charge in [-0.3, -0.25) is 9.59 Å². The molecule has 0 saturated carbocycles. The molecule has 0 aromatic heterocycles. The van der Waals surface area contributed by atoms with Gasteiger partial charge in [0.1, 0.15) is 5.75 Å². The third-order valence-electron chi connectivity index (χ3n) is 5.16. The van der Waals surface area contributed by atoms with Crippen molar-refractivity contribution >= 4 is 17.6 Å². The normalized spacial score (nSPS) is 15.4. The summed E-state index contributed by atoms with van der Waals surface area (Å²) in [6, 6.07) is 12.7. The van der Waals surface area contributed by atoms with Crippen molar-refractivity contribution < 1.29 is 28.9 Å². The second-order valence-electron chi connectivity index (χ2n) is 7.10. The van der Waals surface area contributed by atoms with Crippen LogP contribution in [-0.4, -0.2) is 49.0 Å². The Labute approximate surface area is 181 Å². The molecule has 1 amide bonds. The molecule has 164 valence electrons. The number of hydrogen-bond acceptors (Lipinski definition) is 6. The Morgan fingerprint density at radius 1 is 1.00 bits per heavy atom. The highest BCUT2D eigenvalue weighted by atomic mass is 16.5. The summed E-state index contributed by atoms with van der Waals surface area (Å²) in [6.07, 6.45) is 0.828. The number of amides is 1. The Hall–Kier alpha value is -3.55. The highest BCUT2D eigenvalue weighted by molar-refractivity contribution is 6.03. The molecule has 3 rings (SSSR count). The van der Waals surface area contributed by atoms with Crippen LogP contribution in [-0.2, 0) is 9.59 Å². The zero-order valence-corrected chi connectivity index (χ0v) is 17.8. The smallest absolute Gasteiger partial charge is 0.303 e. The maximum absolute atomic E-state index is 12.9. The Balaban J connectivity index is 1.90. The van der Waals surface area contributed by atoms with Crippen LogP contribution in [0.3, 0.4) is 0 Å². The lowest BCUT2D eigenvalue weighted by Crippen LogP contribution is -2.27. The number of carboxylic acids is 1. The summed E-state index contributed by atoms with van der Waals surface area (Å²) >= 11 is 0. The summed E-state index contributed by atoms with van der Waals surface area (Å²) in [6.45, 7) is 0. The number of hydrazone groups is 1. The van der Waals surface area contributed by atoms with Crippen LogP contribution >= 0.6 is 0 Å². The molecule has 0 fully saturated rings. The van der Waals surface area contributed by atoms with E-state index in [-0.39, 0.29) is 31.2 Å². The number of aliphatic carboxylic acids is 1. The van der Waals surface area contributed by atoms with Crippen LogP contribution in [0.4, 0.5) is 0 Å². The van der Waals surface area contributed by atoms with Crippen LogP contribution in [0.15, 0.2) is 47.6 Å². The molecule has 0 bridgehead atoms. The lowest BCUT2D eigenvalue weighted by molar-refractivity contribution is -0.137. The van der Waals surface area contributed by atoms with Crippen molar-refractivity contribution in [3.63, 3.8) is 0 Å². The van der Waals surface area contributed by atoms with E-state index in [1.54, 1.807) is 27.4 Å². The van der Waals surface area contributed by atoms with Crippen molar-refractivity contribution in [3.05, 3.63) is 53.6 Å². The van der Waals surface area contributed by atoms with E-state index in [1.807, 2.05) is 36.4 Å². The lowest BCUT2D eigenvalue weighted by atomic mass is 9.97. The molecule has 0 radical (unpaired) electrons. The number of nitrogens with zero attached hydrogens (tertiary/aromatic N) is 2. The van der Waals surface area contributed by atoms with Gasteiger partial charge in [-0.25, -0.2) is 5.01 Å². The summed E-state index contributed by atoms with van der Waals surface area (Å²) in [5.74, 6) is 0.758. The van der Waals surface area contributed by atoms with Gasteiger partial charge in [0.2, 0.25) is 5.91 Å². The minimum atomic E-state index is -0.923. The molecular weight excluding hydrogens is 400 g/mol. The van der Waals surface area contributed by atoms with Crippen molar-refractivity contribution in [1.82, 2.24) is 5.01 Å². The zero-order chi connectivity index (χ0) is 22.4. The predicted molar refractivity (Wildman–Crippen MR) is 115 cm³/mol. The quantitative estimate of drug-likeness (QED) is 0.657. The van der Waals surface area contributed by atoms with Gasteiger partial charge in [-0.1, -0.05) is 6.07 Å². The van der Waals surface area contributed by atoms with E-state index in [1.165, 1.54) is 5.01 Å². The van der Waals surface area contributed by atoms with Crippen molar-refractivity contribution in [2.75, 3.05) is 21.3 Å². The third-order valence-corrected chi connectivity index (χ3v) is 5.16. The van der Waals surface area contributed by atoms with E-state index in [9.17, 15) is 9.59 Å². The first-order valence-corrected chi connectivity index (χ1v) is 9.94. The number of carbonyl (C=O) groups is 2. The standard InChI is InChI=1S/C23H26N2O6/c1-29-17-10-7-15(8-11-17)18-14-19(16-9-12-20(30-2)21(13-16)31-3)25(24-18)22(26)5-4-6-23(27)28/h7-13,19H,4-6,14H2,1-3H3,(H,27,28). The fraction of sp³-hybridized carbons (Fsp3) is 0.348. The Bertz CT molecular complexity index is 971. The van der Waals surface area contributed by atoms with E-state index >= 15 is 0 Å². The number of methoxy groups -OCH3 is 3. The first kappa shape index (κ1) is 22.1. The van der Waals surface area contributed by atoms with E-state index < -0.39 is 5.97 Å². The highest BCUT2D eigenvalue weighted by Crippen LogP contribution is 2.37. The van der Waals surface area contributed by atoms with Gasteiger partial charge in [0, 0.05) is 19.3 Å². The van der Waals surface area contributed by atoms with Gasteiger partial charge < -0.3 is 19.3 Å². The van der Waals surface area contributed by atoms with Crippen molar-refractivity contribution in [3.8, 4) is 17.2 Å². The van der Waals surface area contributed by atoms with Gasteiger partial charge in [-0.15, -0.1) is 0 Å². The van der Waals surface area contributed by atoms with Crippen LogP contribution in [0.25, 0.3) is 0 Å². The van der Waals surface area contributed by atoms with E-state index in [4.69, 9.17) is 19.3 Å². The molecule has 1 atom stereocenters. The summed E-state index contributed by atoms with van der Waals surface area (Å²) in [5, 5.41) is 14.9. The lowest BCUT2D eigenvalue weighted by Gasteiger charge is -2.23. The monoisotopic (exact) mass is 426 g/mol. The molecule has 0 saturated heterocycles. The number of rotatable bonds is 9. The zero-order valence-electron chi connectivity index (χ0n) is 17.8. The first-order chi connectivity index (χ1) is 15.0. The fourth-order valence-corrected chi connectivity index (χ4v) is 3.52. The summed E-state index contributed by atoms with van der Waals surface area (Å²) in [5.41, 5.74) is 2.53. The Kier molecular flexibility index (Phi) is 7.12. The van der Waals surface area contributed by atoms with Gasteiger partial charge in [-0.05, 0) is 53.9 Å². The largest absolute Gasteiger partial charge is 0.497 e. The minimum Gasteiger partial charge on any atom is -0.497 e. The molecule has 0 aliphatic carbocycles. The van der Waals surface area contributed by atoms with Gasteiger partial charge in [-0.2, -0.15) is 5.10 Å². The average molecular weight is 426 g/mol. The summed E-state index contributed by atoms with van der Waals surface area (Å²) < 4.78 is 15.9. The fourth-order valence-electron chi connectivity index (χ4n) is 3.52. The second kappa shape index (κ2) is 9.97. The molecular formula is C23H26N2O6. The van der Waals surface area contributed by atoms with Crippen LogP contribution in [0.2, 0.25) is 0 Å². The molecule has 1 heterocycles. The number of benzene rings is 2. The van der Waals surface area contributed by atoms with E-state index in [0.717, 1.165) is 22.6 Å². The average Bonchev–Trinajstić information content (AvgIpc) is 3.24. The molecule has 8 nitrogen and oxygen atoms in total. The summed E-state index contributed by atoms with van der Waals surface area (Å²) in [4.78, 5) is 23.7. The van der Waals surface area contributed by atoms with Gasteiger partial charge >= 0.3 is 5.97 Å². The Morgan fingerprint density at radius 3 is 2.32 bits per heavy atom. The molecule has 0 spiro atoms. The predicted octanol–water partition coefficient (Wildman–Crippen LogP) is 3.65. The molecule has 2 aromatic rings. The topological polar surface area (TPSA) is 97.7 Å². The SMILES string of the molecule is COc1ccc(C2=NN(C(=O)CCCC(=O)O)C(c3ccc(OC)c(OC)c3)C2)cc1. The number of hydrogen-bond donors (Lipinski definition) is 1. The van der Waals surface area contributed by atoms with Crippen LogP contribution in [0.5, 0.6) is 17.2 Å². The van der Waals surface area contributed by atoms with Crippen LogP contribution in [0, 0.1) is 0 Å². The van der Waals surface area contributed by atoms with Crippen LogP contribution < -0.4 is 14.2 Å². The number of carboxylic acid groups (broad SMARTS) is 1. The molecule has 1 N–H and O–H groups in total. The number of ether oxygens (including phenoxy) is 3. The second-order valence-corrected chi connectivity index (χ2v) is 7.10. The Morgan fingerprint density at radius 2 is 1.71 bits per heavy atom. The van der Waals surface area contributed by atoms with Crippen molar-refractivity contribution in [1.29, 1.82) is 0 Å². The molecule has 8 heteroatoms. The summed E-state index contributed by atoms with van der Waals surface area (Å²) in [7, 11) is 4.73. The molecule has 1 aliphatic rings.